The standard InChI is InChI=1S/C9H21N4O2P.2C2H6/c1-12(9(10)11)8-4-6-13(7-5-8)16(3,14)15-2;2*1-2/h8H,4-7H2,1-3H3,(H3,10,11);2*1-2H3. The van der Waals surface area contributed by atoms with E-state index >= 15 is 0 Å². The highest BCUT2D eigenvalue weighted by Gasteiger charge is 2.31. The van der Waals surface area contributed by atoms with E-state index in [2.05, 4.69) is 0 Å². The van der Waals surface area contributed by atoms with Crippen molar-refractivity contribution in [3.05, 3.63) is 0 Å². The normalized spacial score (nSPS) is 18.8. The highest BCUT2D eigenvalue weighted by molar-refractivity contribution is 7.55. The van der Waals surface area contributed by atoms with E-state index in [1.807, 2.05) is 39.4 Å². The minimum absolute atomic E-state index is 0.0878. The summed E-state index contributed by atoms with van der Waals surface area (Å²) in [5, 5.41) is 7.36. The monoisotopic (exact) mass is 308 g/mol. The molecule has 0 aromatic heterocycles. The first-order valence-electron chi connectivity index (χ1n) is 7.34. The van der Waals surface area contributed by atoms with Crippen LogP contribution >= 0.6 is 7.52 Å². The fourth-order valence-electron chi connectivity index (χ4n) is 1.91. The molecule has 1 atom stereocenters. The number of guanidine groups is 1. The molecule has 1 rings (SSSR count). The molecule has 122 valence electrons. The van der Waals surface area contributed by atoms with Gasteiger partial charge in [0.2, 0.25) is 0 Å². The molecule has 6 nitrogen and oxygen atoms in total. The molecule has 20 heavy (non-hydrogen) atoms. The SMILES string of the molecule is CC.CC.COP(C)(=O)N1CCC(N(C)C(=N)N)CC1. The lowest BCUT2D eigenvalue weighted by Gasteiger charge is -2.38. The summed E-state index contributed by atoms with van der Waals surface area (Å²) >= 11 is 0. The molecule has 7 heteroatoms. The minimum atomic E-state index is -2.60. The molecule has 0 spiro atoms. The summed E-state index contributed by atoms with van der Waals surface area (Å²) in [6, 6.07) is 0.269. The summed E-state index contributed by atoms with van der Waals surface area (Å²) in [6.45, 7) is 11.1. The van der Waals surface area contributed by atoms with Crippen LogP contribution in [0.5, 0.6) is 0 Å². The molecule has 3 N–H and O–H groups in total. The predicted octanol–water partition coefficient (Wildman–Crippen LogP) is 2.80. The van der Waals surface area contributed by atoms with Gasteiger partial charge in [-0.1, -0.05) is 27.7 Å². The molecule has 0 aromatic carbocycles. The lowest BCUT2D eigenvalue weighted by atomic mass is 10.1. The van der Waals surface area contributed by atoms with Gasteiger partial charge in [0.05, 0.1) is 0 Å². The van der Waals surface area contributed by atoms with Gasteiger partial charge >= 0.3 is 0 Å². The summed E-state index contributed by atoms with van der Waals surface area (Å²) < 4.78 is 18.9. The van der Waals surface area contributed by atoms with Gasteiger partial charge in [0, 0.05) is 40.0 Å². The largest absolute Gasteiger partial charge is 0.370 e. The van der Waals surface area contributed by atoms with Gasteiger partial charge in [0.1, 0.15) is 0 Å². The van der Waals surface area contributed by atoms with E-state index in [-0.39, 0.29) is 12.0 Å². The molecule has 0 bridgehead atoms. The van der Waals surface area contributed by atoms with Crippen LogP contribution in [-0.4, -0.2) is 55.5 Å². The zero-order valence-electron chi connectivity index (χ0n) is 14.1. The highest BCUT2D eigenvalue weighted by atomic mass is 31.2. The number of hydrogen-bond donors (Lipinski definition) is 2. The van der Waals surface area contributed by atoms with E-state index in [0.717, 1.165) is 25.9 Å². The van der Waals surface area contributed by atoms with E-state index in [4.69, 9.17) is 15.7 Å². The summed E-state index contributed by atoms with van der Waals surface area (Å²) in [6.07, 6.45) is 1.72. The van der Waals surface area contributed by atoms with Gasteiger partial charge in [-0.25, -0.2) is 4.67 Å². The van der Waals surface area contributed by atoms with Gasteiger partial charge < -0.3 is 15.2 Å². The van der Waals surface area contributed by atoms with Crippen LogP contribution in [0.3, 0.4) is 0 Å². The Kier molecular flexibility index (Phi) is 12.1. The molecule has 1 aliphatic rings. The van der Waals surface area contributed by atoms with Crippen LogP contribution in [0.15, 0.2) is 0 Å². The Morgan fingerprint density at radius 1 is 1.30 bits per heavy atom. The fourth-order valence-corrected chi connectivity index (χ4v) is 3.10. The lowest BCUT2D eigenvalue weighted by Crippen LogP contribution is -2.46. The van der Waals surface area contributed by atoms with Gasteiger partial charge in [-0.3, -0.25) is 9.97 Å². The van der Waals surface area contributed by atoms with E-state index < -0.39 is 7.52 Å². The number of nitrogens with two attached hydrogens (primary N) is 1. The molecular weight excluding hydrogens is 275 g/mol. The Bertz CT molecular complexity index is 305. The van der Waals surface area contributed by atoms with Crippen molar-refractivity contribution >= 4 is 13.5 Å². The first kappa shape index (κ1) is 21.7. The molecule has 0 radical (unpaired) electrons. The second kappa shape index (κ2) is 11.1. The minimum Gasteiger partial charge on any atom is -0.370 e. The quantitative estimate of drug-likeness (QED) is 0.476. The second-order valence-electron chi connectivity index (χ2n) is 4.17. The van der Waals surface area contributed by atoms with E-state index in [1.54, 1.807) is 11.6 Å². The van der Waals surface area contributed by atoms with Gasteiger partial charge in [-0.15, -0.1) is 0 Å². The lowest BCUT2D eigenvalue weighted by molar-refractivity contribution is 0.209. The molecule has 1 heterocycles. The van der Waals surface area contributed by atoms with Crippen LogP contribution in [0.1, 0.15) is 40.5 Å². The molecule has 0 saturated carbocycles. The van der Waals surface area contributed by atoms with Crippen molar-refractivity contribution in [3.63, 3.8) is 0 Å². The molecular formula is C13H33N4O2P. The highest BCUT2D eigenvalue weighted by Crippen LogP contribution is 2.47. The Morgan fingerprint density at radius 3 is 2.00 bits per heavy atom. The predicted molar refractivity (Wildman–Crippen MR) is 87.5 cm³/mol. The van der Waals surface area contributed by atoms with Crippen LogP contribution in [0.4, 0.5) is 0 Å². The van der Waals surface area contributed by atoms with Crippen molar-refractivity contribution in [2.75, 3.05) is 33.9 Å². The first-order valence-corrected chi connectivity index (χ1v) is 9.36. The maximum atomic E-state index is 12.0. The van der Waals surface area contributed by atoms with E-state index in [1.165, 1.54) is 7.11 Å². The Labute approximate surface area is 124 Å². The molecule has 0 amide bonds. The van der Waals surface area contributed by atoms with Crippen LogP contribution in [0, 0.1) is 5.41 Å². The van der Waals surface area contributed by atoms with E-state index in [9.17, 15) is 4.57 Å². The van der Waals surface area contributed by atoms with Crippen molar-refractivity contribution in [2.45, 2.75) is 46.6 Å². The molecule has 0 aliphatic carbocycles. The Hall–Kier alpha value is -0.580. The van der Waals surface area contributed by atoms with Crippen molar-refractivity contribution in [2.24, 2.45) is 5.73 Å². The summed E-state index contributed by atoms with van der Waals surface area (Å²) in [5.74, 6) is 0.0878. The fraction of sp³-hybridized carbons (Fsp3) is 0.923. The maximum absolute atomic E-state index is 12.0. The Morgan fingerprint density at radius 2 is 1.70 bits per heavy atom. The molecule has 1 aliphatic heterocycles. The maximum Gasteiger partial charge on any atom is 0.269 e. The van der Waals surface area contributed by atoms with Gasteiger partial charge in [0.15, 0.2) is 5.96 Å². The third kappa shape index (κ3) is 6.73. The summed E-state index contributed by atoms with van der Waals surface area (Å²) in [5.41, 5.74) is 5.43. The van der Waals surface area contributed by atoms with Gasteiger partial charge in [-0.2, -0.15) is 0 Å². The zero-order chi connectivity index (χ0) is 16.3. The molecule has 1 unspecified atom stereocenters. The number of nitrogens with zero attached hydrogens (tertiary/aromatic N) is 2. The average molecular weight is 308 g/mol. The van der Waals surface area contributed by atoms with Crippen LogP contribution in [0.2, 0.25) is 0 Å². The molecule has 1 fully saturated rings. The number of hydrogen-bond acceptors (Lipinski definition) is 3. The van der Waals surface area contributed by atoms with E-state index in [0.29, 0.717) is 0 Å². The summed E-state index contributed by atoms with van der Waals surface area (Å²) in [4.78, 5) is 1.77. The zero-order valence-corrected chi connectivity index (χ0v) is 15.0. The van der Waals surface area contributed by atoms with Crippen molar-refractivity contribution in [3.8, 4) is 0 Å². The van der Waals surface area contributed by atoms with Crippen molar-refractivity contribution in [1.29, 1.82) is 5.41 Å². The number of piperidine rings is 1. The smallest absolute Gasteiger partial charge is 0.269 e. The summed E-state index contributed by atoms with van der Waals surface area (Å²) in [7, 11) is 0.705. The number of rotatable bonds is 3. The third-order valence-electron chi connectivity index (χ3n) is 3.22. The molecule has 1 saturated heterocycles. The van der Waals surface area contributed by atoms with Crippen LogP contribution in [-0.2, 0) is 9.09 Å². The second-order valence-corrected chi connectivity index (χ2v) is 6.70. The van der Waals surface area contributed by atoms with Crippen LogP contribution < -0.4 is 5.73 Å². The number of nitrogens with one attached hydrogen (secondary N) is 1. The third-order valence-corrected chi connectivity index (χ3v) is 5.33. The van der Waals surface area contributed by atoms with Gasteiger partial charge in [-0.05, 0) is 12.8 Å². The van der Waals surface area contributed by atoms with Crippen LogP contribution in [0.25, 0.3) is 0 Å². The van der Waals surface area contributed by atoms with Gasteiger partial charge in [0.25, 0.3) is 7.52 Å². The first-order chi connectivity index (χ1) is 9.38. The average Bonchev–Trinajstić information content (AvgIpc) is 2.50. The Balaban J connectivity index is 0. The molecule has 0 aromatic rings. The topological polar surface area (TPSA) is 82.7 Å². The van der Waals surface area contributed by atoms with Crippen molar-refractivity contribution < 1.29 is 9.09 Å². The van der Waals surface area contributed by atoms with Crippen molar-refractivity contribution in [1.82, 2.24) is 9.57 Å².